The standard InChI is InChI=1S/C26H27ClN2O2/c1-2-9-24(30)29(19-21-10-5-3-6-11-21)25(22-12-7-4-8-13-22)26(31)28-18-20-14-16-23(27)17-15-20/h3-8,10-17,25H,2,9,18-19H2,1H3,(H,28,31)/t25-/m1/s1. The van der Waals surface area contributed by atoms with Crippen LogP contribution in [0.1, 0.15) is 42.5 Å². The van der Waals surface area contributed by atoms with Crippen LogP contribution in [0, 0.1) is 0 Å². The molecule has 31 heavy (non-hydrogen) atoms. The predicted octanol–water partition coefficient (Wildman–Crippen LogP) is 5.53. The van der Waals surface area contributed by atoms with E-state index in [2.05, 4.69) is 5.32 Å². The Labute approximate surface area is 188 Å². The van der Waals surface area contributed by atoms with Crippen LogP contribution in [0.4, 0.5) is 0 Å². The molecular formula is C26H27ClN2O2. The maximum absolute atomic E-state index is 13.4. The lowest BCUT2D eigenvalue weighted by atomic mass is 10.0. The van der Waals surface area contributed by atoms with Gasteiger partial charge < -0.3 is 10.2 Å². The normalized spacial score (nSPS) is 11.5. The van der Waals surface area contributed by atoms with Crippen molar-refractivity contribution in [3.8, 4) is 0 Å². The summed E-state index contributed by atoms with van der Waals surface area (Å²) in [7, 11) is 0. The van der Waals surface area contributed by atoms with E-state index >= 15 is 0 Å². The van der Waals surface area contributed by atoms with Crippen LogP contribution >= 0.6 is 11.6 Å². The Morgan fingerprint density at radius 3 is 2.10 bits per heavy atom. The molecule has 0 heterocycles. The molecule has 0 aromatic heterocycles. The first-order valence-electron chi connectivity index (χ1n) is 10.5. The van der Waals surface area contributed by atoms with Gasteiger partial charge in [0.1, 0.15) is 6.04 Å². The van der Waals surface area contributed by atoms with Crippen molar-refractivity contribution in [2.75, 3.05) is 0 Å². The molecule has 0 fully saturated rings. The van der Waals surface area contributed by atoms with Gasteiger partial charge in [-0.2, -0.15) is 0 Å². The van der Waals surface area contributed by atoms with Gasteiger partial charge in [0.05, 0.1) is 0 Å². The number of rotatable bonds is 9. The molecule has 0 bridgehead atoms. The van der Waals surface area contributed by atoms with E-state index in [0.717, 1.165) is 23.1 Å². The minimum Gasteiger partial charge on any atom is -0.350 e. The Bertz CT molecular complexity index is 975. The summed E-state index contributed by atoms with van der Waals surface area (Å²) in [6, 6.07) is 25.9. The van der Waals surface area contributed by atoms with Gasteiger partial charge in [-0.05, 0) is 35.2 Å². The van der Waals surface area contributed by atoms with Crippen LogP contribution in [0.5, 0.6) is 0 Å². The zero-order chi connectivity index (χ0) is 22.1. The fraction of sp³-hybridized carbons (Fsp3) is 0.231. The van der Waals surface area contributed by atoms with E-state index in [4.69, 9.17) is 11.6 Å². The first kappa shape index (κ1) is 22.6. The second kappa shape index (κ2) is 11.3. The maximum atomic E-state index is 13.4. The van der Waals surface area contributed by atoms with Crippen molar-refractivity contribution in [2.24, 2.45) is 0 Å². The number of nitrogens with zero attached hydrogens (tertiary/aromatic N) is 1. The molecule has 3 rings (SSSR count). The zero-order valence-corrected chi connectivity index (χ0v) is 18.4. The number of halogens is 1. The van der Waals surface area contributed by atoms with E-state index in [1.54, 1.807) is 17.0 Å². The van der Waals surface area contributed by atoms with Gasteiger partial charge in [-0.1, -0.05) is 91.3 Å². The van der Waals surface area contributed by atoms with Crippen molar-refractivity contribution in [1.82, 2.24) is 10.2 Å². The minimum atomic E-state index is -0.715. The maximum Gasteiger partial charge on any atom is 0.247 e. The lowest BCUT2D eigenvalue weighted by Gasteiger charge is -2.31. The smallest absolute Gasteiger partial charge is 0.247 e. The zero-order valence-electron chi connectivity index (χ0n) is 17.6. The summed E-state index contributed by atoms with van der Waals surface area (Å²) in [6.07, 6.45) is 1.11. The van der Waals surface area contributed by atoms with Crippen molar-refractivity contribution in [3.05, 3.63) is 107 Å². The molecule has 0 aliphatic carbocycles. The van der Waals surface area contributed by atoms with E-state index in [-0.39, 0.29) is 11.8 Å². The summed E-state index contributed by atoms with van der Waals surface area (Å²) < 4.78 is 0. The van der Waals surface area contributed by atoms with Crippen LogP contribution in [0.15, 0.2) is 84.9 Å². The molecule has 3 aromatic rings. The van der Waals surface area contributed by atoms with Gasteiger partial charge in [-0.25, -0.2) is 0 Å². The highest BCUT2D eigenvalue weighted by molar-refractivity contribution is 6.30. The Morgan fingerprint density at radius 1 is 0.871 bits per heavy atom. The van der Waals surface area contributed by atoms with E-state index in [1.807, 2.05) is 79.7 Å². The van der Waals surface area contributed by atoms with E-state index in [1.165, 1.54) is 0 Å². The molecule has 4 nitrogen and oxygen atoms in total. The van der Waals surface area contributed by atoms with Gasteiger partial charge >= 0.3 is 0 Å². The molecule has 0 saturated carbocycles. The summed E-state index contributed by atoms with van der Waals surface area (Å²) in [4.78, 5) is 28.2. The number of benzene rings is 3. The molecule has 0 aliphatic heterocycles. The average Bonchev–Trinajstić information content (AvgIpc) is 2.80. The Morgan fingerprint density at radius 2 is 1.48 bits per heavy atom. The summed E-state index contributed by atoms with van der Waals surface area (Å²) in [5.74, 6) is -0.247. The molecule has 0 spiro atoms. The molecule has 160 valence electrons. The SMILES string of the molecule is CCCC(=O)N(Cc1ccccc1)[C@@H](C(=O)NCc1ccc(Cl)cc1)c1ccccc1. The molecule has 1 atom stereocenters. The molecule has 3 aromatic carbocycles. The summed E-state index contributed by atoms with van der Waals surface area (Å²) >= 11 is 5.96. The number of hydrogen-bond donors (Lipinski definition) is 1. The third-order valence-corrected chi connectivity index (χ3v) is 5.29. The Hall–Kier alpha value is -3.11. The summed E-state index contributed by atoms with van der Waals surface area (Å²) in [5, 5.41) is 3.65. The third-order valence-electron chi connectivity index (χ3n) is 5.04. The summed E-state index contributed by atoms with van der Waals surface area (Å²) in [5.41, 5.74) is 2.72. The largest absolute Gasteiger partial charge is 0.350 e. The van der Waals surface area contributed by atoms with Gasteiger partial charge in [0.2, 0.25) is 11.8 Å². The first-order valence-corrected chi connectivity index (χ1v) is 10.9. The van der Waals surface area contributed by atoms with Crippen LogP contribution in [0.25, 0.3) is 0 Å². The van der Waals surface area contributed by atoms with E-state index < -0.39 is 6.04 Å². The van der Waals surface area contributed by atoms with Crippen molar-refractivity contribution in [1.29, 1.82) is 0 Å². The van der Waals surface area contributed by atoms with Crippen molar-refractivity contribution in [3.63, 3.8) is 0 Å². The highest BCUT2D eigenvalue weighted by Crippen LogP contribution is 2.25. The molecule has 2 amide bonds. The van der Waals surface area contributed by atoms with E-state index in [9.17, 15) is 9.59 Å². The Balaban J connectivity index is 1.89. The lowest BCUT2D eigenvalue weighted by molar-refractivity contribution is -0.141. The minimum absolute atomic E-state index is 0.0400. The second-order valence-corrected chi connectivity index (χ2v) is 7.85. The van der Waals surface area contributed by atoms with Crippen LogP contribution in [0.2, 0.25) is 5.02 Å². The molecule has 5 heteroatoms. The third kappa shape index (κ3) is 6.43. The van der Waals surface area contributed by atoms with Crippen molar-refractivity contribution < 1.29 is 9.59 Å². The average molecular weight is 435 g/mol. The second-order valence-electron chi connectivity index (χ2n) is 7.41. The van der Waals surface area contributed by atoms with E-state index in [0.29, 0.717) is 24.5 Å². The monoisotopic (exact) mass is 434 g/mol. The molecule has 0 saturated heterocycles. The van der Waals surface area contributed by atoms with Crippen LogP contribution in [-0.2, 0) is 22.7 Å². The molecular weight excluding hydrogens is 408 g/mol. The van der Waals surface area contributed by atoms with Gasteiger partial charge in [0.25, 0.3) is 0 Å². The van der Waals surface area contributed by atoms with Gasteiger partial charge in [0, 0.05) is 24.5 Å². The van der Waals surface area contributed by atoms with Gasteiger partial charge in [-0.15, -0.1) is 0 Å². The topological polar surface area (TPSA) is 49.4 Å². The number of carbonyl (C=O) groups excluding carboxylic acids is 2. The Kier molecular flexibility index (Phi) is 8.25. The number of carbonyl (C=O) groups is 2. The molecule has 0 unspecified atom stereocenters. The quantitative estimate of drug-likeness (QED) is 0.481. The first-order chi connectivity index (χ1) is 15.1. The number of hydrogen-bond acceptors (Lipinski definition) is 2. The molecule has 1 N–H and O–H groups in total. The number of amides is 2. The summed E-state index contributed by atoms with van der Waals surface area (Å²) in [6.45, 7) is 2.70. The fourth-order valence-corrected chi connectivity index (χ4v) is 3.58. The van der Waals surface area contributed by atoms with Crippen molar-refractivity contribution >= 4 is 23.4 Å². The van der Waals surface area contributed by atoms with Crippen LogP contribution < -0.4 is 5.32 Å². The highest BCUT2D eigenvalue weighted by Gasteiger charge is 2.30. The number of nitrogens with one attached hydrogen (secondary N) is 1. The lowest BCUT2D eigenvalue weighted by Crippen LogP contribution is -2.43. The molecule has 0 radical (unpaired) electrons. The predicted molar refractivity (Wildman–Crippen MR) is 124 cm³/mol. The molecule has 0 aliphatic rings. The van der Waals surface area contributed by atoms with Crippen LogP contribution in [0.3, 0.4) is 0 Å². The van der Waals surface area contributed by atoms with Crippen LogP contribution in [-0.4, -0.2) is 16.7 Å². The van der Waals surface area contributed by atoms with Gasteiger partial charge in [0.15, 0.2) is 0 Å². The van der Waals surface area contributed by atoms with Crippen molar-refractivity contribution in [2.45, 2.75) is 38.9 Å². The van der Waals surface area contributed by atoms with Gasteiger partial charge in [-0.3, -0.25) is 9.59 Å². The highest BCUT2D eigenvalue weighted by atomic mass is 35.5. The fourth-order valence-electron chi connectivity index (χ4n) is 3.46.